The minimum atomic E-state index is -0.333. The third-order valence-electron chi connectivity index (χ3n) is 2.41. The van der Waals surface area contributed by atoms with Crippen molar-refractivity contribution >= 4 is 12.1 Å². The lowest BCUT2D eigenvalue weighted by molar-refractivity contribution is -0.191. The second kappa shape index (κ2) is 5.80. The van der Waals surface area contributed by atoms with Gasteiger partial charge < -0.3 is 4.74 Å². The van der Waals surface area contributed by atoms with Crippen LogP contribution in [0.1, 0.15) is 53.4 Å². The van der Waals surface area contributed by atoms with Crippen LogP contribution in [-0.4, -0.2) is 17.7 Å². The summed E-state index contributed by atoms with van der Waals surface area (Å²) in [6.07, 6.45) is 4.35. The molecule has 0 aliphatic heterocycles. The molecule has 0 aromatic carbocycles. The van der Waals surface area contributed by atoms with E-state index in [0.717, 1.165) is 25.7 Å². The molecule has 0 unspecified atom stereocenters. The van der Waals surface area contributed by atoms with Gasteiger partial charge in [-0.1, -0.05) is 13.3 Å². The molecule has 0 saturated heterocycles. The Bertz CT molecular complexity index is 265. The van der Waals surface area contributed by atoms with Crippen LogP contribution in [0.2, 0.25) is 0 Å². The molecule has 0 amide bonds. The molecule has 0 heterocycles. The molecule has 92 valence electrons. The van der Waals surface area contributed by atoms with Crippen molar-refractivity contribution in [1.82, 2.24) is 0 Å². The summed E-state index contributed by atoms with van der Waals surface area (Å²) in [5, 5.41) is 0. The number of ether oxygens (including phenoxy) is 1. The highest BCUT2D eigenvalue weighted by Gasteiger charge is 2.51. The molecule has 1 fully saturated rings. The Balaban J connectivity index is 0.000000673. The van der Waals surface area contributed by atoms with E-state index in [-0.39, 0.29) is 23.1 Å². The van der Waals surface area contributed by atoms with Crippen LogP contribution in [0.3, 0.4) is 0 Å². The van der Waals surface area contributed by atoms with Crippen LogP contribution < -0.4 is 0 Å². The predicted octanol–water partition coefficient (Wildman–Crippen LogP) is 2.32. The molecule has 0 aromatic rings. The van der Waals surface area contributed by atoms with Crippen LogP contribution in [-0.2, 0) is 19.1 Å². The van der Waals surface area contributed by atoms with Gasteiger partial charge in [0.05, 0.1) is 5.41 Å². The fourth-order valence-electron chi connectivity index (χ4n) is 1.57. The monoisotopic (exact) mass is 228 g/mol. The van der Waals surface area contributed by atoms with Crippen molar-refractivity contribution in [3.05, 3.63) is 0 Å². The van der Waals surface area contributed by atoms with Gasteiger partial charge in [-0.2, -0.15) is 9.59 Å². The van der Waals surface area contributed by atoms with E-state index in [9.17, 15) is 4.79 Å². The summed E-state index contributed by atoms with van der Waals surface area (Å²) >= 11 is 0. The smallest absolute Gasteiger partial charge is 0.373 e. The summed E-state index contributed by atoms with van der Waals surface area (Å²) in [5.74, 6) is 0.0156. The second-order valence-electron chi connectivity index (χ2n) is 5.12. The van der Waals surface area contributed by atoms with Gasteiger partial charge in [0.2, 0.25) is 0 Å². The molecule has 1 aliphatic carbocycles. The second-order valence-corrected chi connectivity index (χ2v) is 5.12. The molecular weight excluding hydrogens is 208 g/mol. The lowest BCUT2D eigenvalue weighted by Gasteiger charge is -2.23. The first-order valence-corrected chi connectivity index (χ1v) is 5.54. The highest BCUT2D eigenvalue weighted by Crippen LogP contribution is 2.51. The van der Waals surface area contributed by atoms with E-state index in [1.165, 1.54) is 0 Å². The molecule has 0 N–H and O–H groups in total. The Morgan fingerprint density at radius 2 is 1.75 bits per heavy atom. The number of hydrogen-bond acceptors (Lipinski definition) is 4. The predicted molar refractivity (Wildman–Crippen MR) is 57.4 cm³/mol. The molecule has 0 spiro atoms. The maximum Gasteiger partial charge on any atom is 0.373 e. The Morgan fingerprint density at radius 3 is 2.00 bits per heavy atom. The van der Waals surface area contributed by atoms with Crippen molar-refractivity contribution < 1.29 is 19.1 Å². The van der Waals surface area contributed by atoms with Crippen LogP contribution in [0, 0.1) is 5.41 Å². The van der Waals surface area contributed by atoms with E-state index in [4.69, 9.17) is 14.3 Å². The summed E-state index contributed by atoms with van der Waals surface area (Å²) in [4.78, 5) is 28.0. The van der Waals surface area contributed by atoms with E-state index < -0.39 is 0 Å². The Kier molecular flexibility index (Phi) is 5.39. The van der Waals surface area contributed by atoms with Crippen LogP contribution >= 0.6 is 0 Å². The SMILES string of the molecule is CCCC1(C(=O)OC(C)(C)C)CC1.O=C=O. The van der Waals surface area contributed by atoms with Crippen molar-refractivity contribution in [2.24, 2.45) is 5.41 Å². The van der Waals surface area contributed by atoms with E-state index in [1.54, 1.807) is 0 Å². The highest BCUT2D eigenvalue weighted by atomic mass is 16.6. The topological polar surface area (TPSA) is 60.4 Å². The molecule has 0 bridgehead atoms. The number of esters is 1. The van der Waals surface area contributed by atoms with Crippen LogP contribution in [0.5, 0.6) is 0 Å². The summed E-state index contributed by atoms with van der Waals surface area (Å²) in [7, 11) is 0. The average molecular weight is 228 g/mol. The average Bonchev–Trinajstić information content (AvgIpc) is 2.84. The largest absolute Gasteiger partial charge is 0.460 e. The lowest BCUT2D eigenvalue weighted by atomic mass is 10.0. The van der Waals surface area contributed by atoms with Gasteiger partial charge in [0.15, 0.2) is 0 Å². The van der Waals surface area contributed by atoms with E-state index >= 15 is 0 Å². The first-order valence-electron chi connectivity index (χ1n) is 5.54. The fraction of sp³-hybridized carbons (Fsp3) is 0.833. The summed E-state index contributed by atoms with van der Waals surface area (Å²) < 4.78 is 5.38. The van der Waals surface area contributed by atoms with Crippen molar-refractivity contribution in [3.63, 3.8) is 0 Å². The summed E-state index contributed by atoms with van der Waals surface area (Å²) in [6, 6.07) is 0. The van der Waals surface area contributed by atoms with Gasteiger partial charge >= 0.3 is 12.1 Å². The fourth-order valence-corrected chi connectivity index (χ4v) is 1.57. The van der Waals surface area contributed by atoms with Crippen molar-refractivity contribution in [2.45, 2.75) is 59.0 Å². The normalized spacial score (nSPS) is 16.5. The zero-order valence-electron chi connectivity index (χ0n) is 10.5. The zero-order valence-corrected chi connectivity index (χ0v) is 10.5. The molecule has 0 aromatic heterocycles. The standard InChI is InChI=1S/C11H20O2.CO2/c1-5-6-11(7-8-11)9(12)13-10(2,3)4;2-1-3/h5-8H2,1-4H3;. The molecule has 16 heavy (non-hydrogen) atoms. The van der Waals surface area contributed by atoms with E-state index in [2.05, 4.69) is 6.92 Å². The minimum absolute atomic E-state index is 0.0156. The molecule has 1 rings (SSSR count). The minimum Gasteiger partial charge on any atom is -0.460 e. The van der Waals surface area contributed by atoms with Gasteiger partial charge in [-0.05, 0) is 40.0 Å². The summed E-state index contributed by atoms with van der Waals surface area (Å²) in [6.45, 7) is 7.89. The third-order valence-corrected chi connectivity index (χ3v) is 2.41. The molecular formula is C12H20O4. The third kappa shape index (κ3) is 5.08. The Labute approximate surface area is 96.4 Å². The molecule has 0 radical (unpaired) electrons. The number of rotatable bonds is 3. The Morgan fingerprint density at radius 1 is 1.31 bits per heavy atom. The van der Waals surface area contributed by atoms with Gasteiger partial charge in [-0.15, -0.1) is 0 Å². The molecule has 1 saturated carbocycles. The van der Waals surface area contributed by atoms with Crippen LogP contribution in [0.4, 0.5) is 0 Å². The van der Waals surface area contributed by atoms with Gasteiger partial charge in [0.1, 0.15) is 5.60 Å². The van der Waals surface area contributed by atoms with Gasteiger partial charge in [0, 0.05) is 0 Å². The maximum atomic E-state index is 11.7. The molecule has 4 heteroatoms. The highest BCUT2D eigenvalue weighted by molar-refractivity contribution is 5.80. The maximum absolute atomic E-state index is 11.7. The van der Waals surface area contributed by atoms with Gasteiger partial charge in [-0.25, -0.2) is 0 Å². The van der Waals surface area contributed by atoms with Crippen LogP contribution in [0.15, 0.2) is 0 Å². The van der Waals surface area contributed by atoms with E-state index in [0.29, 0.717) is 0 Å². The van der Waals surface area contributed by atoms with E-state index in [1.807, 2.05) is 20.8 Å². The number of carbonyl (C=O) groups excluding carboxylic acids is 3. The lowest BCUT2D eigenvalue weighted by Crippen LogP contribution is -2.29. The zero-order chi connectivity index (χ0) is 12.8. The molecule has 1 aliphatic rings. The Hall–Kier alpha value is -1.15. The molecule has 0 atom stereocenters. The van der Waals surface area contributed by atoms with Crippen molar-refractivity contribution in [3.8, 4) is 0 Å². The summed E-state index contributed by atoms with van der Waals surface area (Å²) in [5.41, 5.74) is -0.428. The van der Waals surface area contributed by atoms with Gasteiger partial charge in [-0.3, -0.25) is 4.79 Å². The van der Waals surface area contributed by atoms with Crippen LogP contribution in [0.25, 0.3) is 0 Å². The van der Waals surface area contributed by atoms with Crippen molar-refractivity contribution in [2.75, 3.05) is 0 Å². The van der Waals surface area contributed by atoms with Gasteiger partial charge in [0.25, 0.3) is 0 Å². The molecule has 4 nitrogen and oxygen atoms in total. The number of carbonyl (C=O) groups is 1. The first kappa shape index (κ1) is 14.8. The first-order chi connectivity index (χ1) is 7.31. The van der Waals surface area contributed by atoms with Crippen molar-refractivity contribution in [1.29, 1.82) is 0 Å². The number of hydrogen-bond donors (Lipinski definition) is 0. The quantitative estimate of drug-likeness (QED) is 0.695.